The normalized spacial score (nSPS) is 15.2. The smallest absolute Gasteiger partial charge is 0.408 e. The third kappa shape index (κ3) is 6.86. The number of nitrogens with one attached hydrogen (secondary N) is 2. The van der Waals surface area contributed by atoms with Gasteiger partial charge >= 0.3 is 12.1 Å². The maximum Gasteiger partial charge on any atom is 0.408 e. The van der Waals surface area contributed by atoms with E-state index < -0.39 is 48.1 Å². The number of esters is 1. The highest BCUT2D eigenvalue weighted by Crippen LogP contribution is 2.38. The van der Waals surface area contributed by atoms with Crippen LogP contribution >= 0.6 is 0 Å². The number of hydrogen-bond donors (Lipinski definition) is 3. The lowest BCUT2D eigenvalue weighted by atomic mass is 10.0. The van der Waals surface area contributed by atoms with E-state index in [0.29, 0.717) is 12.8 Å². The van der Waals surface area contributed by atoms with E-state index in [1.165, 1.54) is 31.1 Å². The van der Waals surface area contributed by atoms with Crippen LogP contribution in [0.25, 0.3) is 0 Å². The summed E-state index contributed by atoms with van der Waals surface area (Å²) in [6, 6.07) is 3.72. The lowest BCUT2D eigenvalue weighted by Crippen LogP contribution is -2.53. The zero-order valence-corrected chi connectivity index (χ0v) is 19.0. The minimum atomic E-state index is -1.20. The lowest BCUT2D eigenvalue weighted by Gasteiger charge is -2.34. The fraction of sp³-hybridized carbons (Fsp3) is 0.545. The number of hydrogen-bond acceptors (Lipinski definition) is 7. The molecule has 1 aromatic rings. The first-order chi connectivity index (χ1) is 14.9. The van der Waals surface area contributed by atoms with E-state index in [2.05, 4.69) is 15.4 Å². The van der Waals surface area contributed by atoms with E-state index >= 15 is 0 Å². The van der Waals surface area contributed by atoms with Gasteiger partial charge in [-0.25, -0.2) is 4.79 Å². The first kappa shape index (κ1) is 25.0. The third-order valence-electron chi connectivity index (χ3n) is 4.69. The summed E-state index contributed by atoms with van der Waals surface area (Å²) >= 11 is 0. The van der Waals surface area contributed by atoms with E-state index in [1.54, 1.807) is 32.9 Å². The number of alkyl carbamates (subject to hydrolysis) is 1. The number of phenols is 1. The number of carbonyl (C=O) groups excluding carboxylic acids is 4. The second-order valence-electron chi connectivity index (χ2n) is 8.60. The van der Waals surface area contributed by atoms with Crippen LogP contribution in [0.4, 0.5) is 4.79 Å². The van der Waals surface area contributed by atoms with Crippen molar-refractivity contribution in [3.8, 4) is 5.75 Å². The average Bonchev–Trinajstić information content (AvgIpc) is 3.53. The van der Waals surface area contributed by atoms with Crippen LogP contribution in [0.5, 0.6) is 5.75 Å². The number of amides is 3. The molecule has 2 unspecified atom stereocenters. The predicted octanol–water partition coefficient (Wildman–Crippen LogP) is 1.63. The van der Waals surface area contributed by atoms with Crippen LogP contribution < -0.4 is 10.6 Å². The SMILES string of the molecule is COC(=O)CNC(=O)C(c1ccccc1O)N(C(=O)C(C)NC(=O)OC(C)(C)C)C1CC1. The second-order valence-corrected chi connectivity index (χ2v) is 8.60. The number of rotatable bonds is 8. The van der Waals surface area contributed by atoms with Crippen LogP contribution in [0.15, 0.2) is 24.3 Å². The molecule has 1 aliphatic rings. The van der Waals surface area contributed by atoms with Crippen molar-refractivity contribution in [1.29, 1.82) is 0 Å². The monoisotopic (exact) mass is 449 g/mol. The van der Waals surface area contributed by atoms with Crippen LogP contribution in [0.2, 0.25) is 0 Å². The summed E-state index contributed by atoms with van der Waals surface area (Å²) in [7, 11) is 1.19. The number of benzene rings is 1. The number of ether oxygens (including phenoxy) is 2. The maximum atomic E-state index is 13.4. The molecule has 1 fully saturated rings. The van der Waals surface area contributed by atoms with Crippen LogP contribution in [0.1, 0.15) is 52.1 Å². The molecule has 10 nitrogen and oxygen atoms in total. The van der Waals surface area contributed by atoms with Gasteiger partial charge in [0.05, 0.1) is 7.11 Å². The number of aromatic hydroxyl groups is 1. The van der Waals surface area contributed by atoms with E-state index in [0.717, 1.165) is 0 Å². The number of methoxy groups -OCH3 is 1. The quantitative estimate of drug-likeness (QED) is 0.514. The maximum absolute atomic E-state index is 13.4. The standard InChI is InChI=1S/C22H31N3O7/c1-13(24-21(30)32-22(2,3)4)20(29)25(14-10-11-14)18(15-8-6-7-9-16(15)26)19(28)23-12-17(27)31-5/h6-9,13-14,18,26H,10-12H2,1-5H3,(H,23,28)(H,24,30). The van der Waals surface area contributed by atoms with Crippen molar-refractivity contribution in [3.05, 3.63) is 29.8 Å². The second kappa shape index (κ2) is 10.3. The largest absolute Gasteiger partial charge is 0.508 e. The van der Waals surface area contributed by atoms with E-state index in [4.69, 9.17) is 4.74 Å². The molecule has 0 aliphatic heterocycles. The summed E-state index contributed by atoms with van der Waals surface area (Å²) in [6.07, 6.45) is 0.571. The summed E-state index contributed by atoms with van der Waals surface area (Å²) in [5, 5.41) is 15.4. The summed E-state index contributed by atoms with van der Waals surface area (Å²) in [5.74, 6) is -1.99. The minimum Gasteiger partial charge on any atom is -0.508 e. The Kier molecular flexibility index (Phi) is 8.07. The Labute approximate surface area is 187 Å². The molecule has 3 amide bonds. The Morgan fingerprint density at radius 1 is 1.19 bits per heavy atom. The molecule has 2 rings (SSSR count). The highest BCUT2D eigenvalue weighted by atomic mass is 16.6. The van der Waals surface area contributed by atoms with Gasteiger partial charge in [-0.15, -0.1) is 0 Å². The zero-order valence-electron chi connectivity index (χ0n) is 19.0. The van der Waals surface area contributed by atoms with Crippen LogP contribution in [0, 0.1) is 0 Å². The Balaban J connectivity index is 2.32. The highest BCUT2D eigenvalue weighted by molar-refractivity contribution is 5.93. The van der Waals surface area contributed by atoms with Gasteiger partial charge in [-0.2, -0.15) is 0 Å². The number of nitrogens with zero attached hydrogens (tertiary/aromatic N) is 1. The molecule has 0 radical (unpaired) electrons. The van der Waals surface area contributed by atoms with Crippen LogP contribution in [-0.2, 0) is 23.9 Å². The Bertz CT molecular complexity index is 861. The Morgan fingerprint density at radius 2 is 1.81 bits per heavy atom. The molecular formula is C22H31N3O7. The van der Waals surface area contributed by atoms with Gasteiger partial charge in [0.2, 0.25) is 11.8 Å². The van der Waals surface area contributed by atoms with Crippen molar-refractivity contribution in [2.75, 3.05) is 13.7 Å². The first-order valence-electron chi connectivity index (χ1n) is 10.4. The molecular weight excluding hydrogens is 418 g/mol. The van der Waals surface area contributed by atoms with Crippen LogP contribution in [0.3, 0.4) is 0 Å². The molecule has 176 valence electrons. The van der Waals surface area contributed by atoms with Crippen molar-refractivity contribution >= 4 is 23.9 Å². The van der Waals surface area contributed by atoms with Gasteiger partial charge in [0.25, 0.3) is 0 Å². The summed E-state index contributed by atoms with van der Waals surface area (Å²) in [5.41, 5.74) is -0.533. The third-order valence-corrected chi connectivity index (χ3v) is 4.69. The van der Waals surface area contributed by atoms with Crippen molar-refractivity contribution in [3.63, 3.8) is 0 Å². The van der Waals surface area contributed by atoms with Crippen molar-refractivity contribution in [2.45, 2.75) is 64.3 Å². The molecule has 0 saturated heterocycles. The van der Waals surface area contributed by atoms with Gasteiger partial charge in [0, 0.05) is 11.6 Å². The first-order valence-corrected chi connectivity index (χ1v) is 10.4. The van der Waals surface area contributed by atoms with Gasteiger partial charge in [-0.1, -0.05) is 18.2 Å². The number of para-hydroxylation sites is 1. The van der Waals surface area contributed by atoms with E-state index in [-0.39, 0.29) is 17.4 Å². The number of phenolic OH excluding ortho intramolecular Hbond substituents is 1. The van der Waals surface area contributed by atoms with E-state index in [1.807, 2.05) is 0 Å². The van der Waals surface area contributed by atoms with Crippen molar-refractivity contribution < 1.29 is 33.8 Å². The average molecular weight is 450 g/mol. The van der Waals surface area contributed by atoms with Crippen molar-refractivity contribution in [1.82, 2.24) is 15.5 Å². The summed E-state index contributed by atoms with van der Waals surface area (Å²) in [4.78, 5) is 51.4. The highest BCUT2D eigenvalue weighted by Gasteiger charge is 2.44. The van der Waals surface area contributed by atoms with Gasteiger partial charge < -0.3 is 30.1 Å². The number of carbonyl (C=O) groups is 4. The molecule has 2 atom stereocenters. The molecule has 1 aromatic carbocycles. The van der Waals surface area contributed by atoms with Gasteiger partial charge in [0.15, 0.2) is 0 Å². The molecule has 32 heavy (non-hydrogen) atoms. The fourth-order valence-electron chi connectivity index (χ4n) is 3.10. The van der Waals surface area contributed by atoms with Crippen molar-refractivity contribution in [2.24, 2.45) is 0 Å². The summed E-state index contributed by atoms with van der Waals surface area (Å²) in [6.45, 7) is 6.22. The lowest BCUT2D eigenvalue weighted by molar-refractivity contribution is -0.145. The predicted molar refractivity (Wildman–Crippen MR) is 115 cm³/mol. The zero-order chi connectivity index (χ0) is 24.1. The Morgan fingerprint density at radius 3 is 2.34 bits per heavy atom. The minimum absolute atomic E-state index is 0.170. The molecule has 3 N–H and O–H groups in total. The van der Waals surface area contributed by atoms with Gasteiger partial charge in [-0.05, 0) is 46.6 Å². The van der Waals surface area contributed by atoms with E-state index in [9.17, 15) is 24.3 Å². The van der Waals surface area contributed by atoms with Gasteiger partial charge in [-0.3, -0.25) is 14.4 Å². The molecule has 0 heterocycles. The molecule has 0 bridgehead atoms. The summed E-state index contributed by atoms with van der Waals surface area (Å²) < 4.78 is 9.77. The van der Waals surface area contributed by atoms with Crippen LogP contribution in [-0.4, -0.2) is 65.2 Å². The fourth-order valence-corrected chi connectivity index (χ4v) is 3.10. The Hall–Kier alpha value is -3.30. The molecule has 0 aromatic heterocycles. The topological polar surface area (TPSA) is 134 Å². The molecule has 1 saturated carbocycles. The molecule has 10 heteroatoms. The van der Waals surface area contributed by atoms with Gasteiger partial charge in [0.1, 0.15) is 30.0 Å². The molecule has 0 spiro atoms. The molecule has 1 aliphatic carbocycles.